The van der Waals surface area contributed by atoms with Crippen LogP contribution in [-0.2, 0) is 0 Å². The van der Waals surface area contributed by atoms with Crippen molar-refractivity contribution >= 4 is 23.3 Å². The number of amides is 3. The number of hydrogen-bond donors (Lipinski definition) is 3. The van der Waals surface area contributed by atoms with E-state index in [1.54, 1.807) is 24.3 Å². The Bertz CT molecular complexity index is 784. The van der Waals surface area contributed by atoms with Gasteiger partial charge in [0.1, 0.15) is 11.4 Å². The Balaban J connectivity index is 2.46. The third-order valence-electron chi connectivity index (χ3n) is 3.26. The van der Waals surface area contributed by atoms with Crippen molar-refractivity contribution in [2.45, 2.75) is 26.3 Å². The molecule has 0 fully saturated rings. The highest BCUT2D eigenvalue weighted by atomic mass is 16.3. The van der Waals surface area contributed by atoms with Gasteiger partial charge in [0.05, 0.1) is 11.4 Å². The van der Waals surface area contributed by atoms with Crippen molar-refractivity contribution in [2.75, 3.05) is 11.9 Å². The maximum absolute atomic E-state index is 12.4. The lowest BCUT2D eigenvalue weighted by atomic mass is 10.1. The van der Waals surface area contributed by atoms with Gasteiger partial charge in [0, 0.05) is 18.8 Å². The van der Waals surface area contributed by atoms with E-state index in [0.717, 1.165) is 0 Å². The number of nitrogens with one attached hydrogen (secondary N) is 2. The van der Waals surface area contributed by atoms with Crippen molar-refractivity contribution in [3.63, 3.8) is 0 Å². The van der Waals surface area contributed by atoms with E-state index in [2.05, 4.69) is 15.6 Å². The highest BCUT2D eigenvalue weighted by molar-refractivity contribution is 6.02. The standard InChI is InChI=1S/C18H22N4O3/c1-18(2,3)21-16(24)13-11-12(9-10-20-13)22(17(25)19-4)14-7-5-6-8-15(14)23/h5-11,23H,1-4H3,(H,19,25)(H,21,24). The Hall–Kier alpha value is -3.09. The van der Waals surface area contributed by atoms with Gasteiger partial charge in [-0.25, -0.2) is 4.79 Å². The lowest BCUT2D eigenvalue weighted by Crippen LogP contribution is -2.41. The third kappa shape index (κ3) is 4.47. The number of para-hydroxylation sites is 2. The topological polar surface area (TPSA) is 94.6 Å². The quantitative estimate of drug-likeness (QED) is 0.799. The van der Waals surface area contributed by atoms with Gasteiger partial charge in [0.25, 0.3) is 5.91 Å². The molecular weight excluding hydrogens is 320 g/mol. The number of rotatable bonds is 3. The number of aromatic nitrogens is 1. The fourth-order valence-electron chi connectivity index (χ4n) is 2.22. The summed E-state index contributed by atoms with van der Waals surface area (Å²) in [4.78, 5) is 30.1. The molecule has 0 atom stereocenters. The summed E-state index contributed by atoms with van der Waals surface area (Å²) in [5.74, 6) is -0.396. The summed E-state index contributed by atoms with van der Waals surface area (Å²) in [6, 6.07) is 9.11. The van der Waals surface area contributed by atoms with Crippen LogP contribution in [0.1, 0.15) is 31.3 Å². The first-order valence-electron chi connectivity index (χ1n) is 7.81. The lowest BCUT2D eigenvalue weighted by molar-refractivity contribution is 0.0914. The summed E-state index contributed by atoms with van der Waals surface area (Å²) in [6.45, 7) is 5.61. The van der Waals surface area contributed by atoms with E-state index >= 15 is 0 Å². The average molecular weight is 342 g/mol. The smallest absolute Gasteiger partial charge is 0.326 e. The Morgan fingerprint density at radius 2 is 1.84 bits per heavy atom. The van der Waals surface area contributed by atoms with Crippen molar-refractivity contribution in [2.24, 2.45) is 0 Å². The van der Waals surface area contributed by atoms with E-state index in [1.807, 2.05) is 20.8 Å². The summed E-state index contributed by atoms with van der Waals surface area (Å²) >= 11 is 0. The van der Waals surface area contributed by atoms with Gasteiger partial charge in [-0.1, -0.05) is 12.1 Å². The number of nitrogens with zero attached hydrogens (tertiary/aromatic N) is 2. The number of carbonyl (C=O) groups excluding carboxylic acids is 2. The van der Waals surface area contributed by atoms with Crippen LogP contribution in [0.15, 0.2) is 42.6 Å². The zero-order valence-corrected chi connectivity index (χ0v) is 14.7. The third-order valence-corrected chi connectivity index (χ3v) is 3.26. The van der Waals surface area contributed by atoms with E-state index in [0.29, 0.717) is 11.4 Å². The summed E-state index contributed by atoms with van der Waals surface area (Å²) in [5.41, 5.74) is 0.481. The summed E-state index contributed by atoms with van der Waals surface area (Å²) in [7, 11) is 1.49. The molecule has 3 amide bonds. The summed E-state index contributed by atoms with van der Waals surface area (Å²) in [6.07, 6.45) is 1.45. The molecule has 0 saturated carbocycles. The molecule has 0 saturated heterocycles. The lowest BCUT2D eigenvalue weighted by Gasteiger charge is -2.24. The monoisotopic (exact) mass is 342 g/mol. The number of carbonyl (C=O) groups is 2. The minimum absolute atomic E-state index is 0.0522. The van der Waals surface area contributed by atoms with E-state index in [9.17, 15) is 14.7 Å². The average Bonchev–Trinajstić information content (AvgIpc) is 2.55. The SMILES string of the molecule is CNC(=O)N(c1ccnc(C(=O)NC(C)(C)C)c1)c1ccccc1O. The summed E-state index contributed by atoms with van der Waals surface area (Å²) in [5, 5.41) is 15.5. The van der Waals surface area contributed by atoms with Gasteiger partial charge in [0.15, 0.2) is 0 Å². The summed E-state index contributed by atoms with van der Waals surface area (Å²) < 4.78 is 0. The molecule has 7 nitrogen and oxygen atoms in total. The molecule has 132 valence electrons. The predicted octanol–water partition coefficient (Wildman–Crippen LogP) is 2.79. The molecule has 0 unspecified atom stereocenters. The Labute approximate surface area is 146 Å². The van der Waals surface area contributed by atoms with Crippen LogP contribution in [0.5, 0.6) is 5.75 Å². The van der Waals surface area contributed by atoms with Crippen molar-refractivity contribution < 1.29 is 14.7 Å². The molecule has 3 N–H and O–H groups in total. The largest absolute Gasteiger partial charge is 0.506 e. The van der Waals surface area contributed by atoms with Crippen molar-refractivity contribution in [3.05, 3.63) is 48.3 Å². The van der Waals surface area contributed by atoms with Gasteiger partial charge in [-0.2, -0.15) is 0 Å². The highest BCUT2D eigenvalue weighted by Gasteiger charge is 2.22. The molecule has 0 aliphatic rings. The zero-order valence-electron chi connectivity index (χ0n) is 14.7. The van der Waals surface area contributed by atoms with Crippen molar-refractivity contribution in [1.82, 2.24) is 15.6 Å². The molecule has 1 aromatic heterocycles. The van der Waals surface area contributed by atoms with Crippen LogP contribution in [0.2, 0.25) is 0 Å². The number of phenols is 1. The van der Waals surface area contributed by atoms with Gasteiger partial charge in [-0.15, -0.1) is 0 Å². The highest BCUT2D eigenvalue weighted by Crippen LogP contribution is 2.32. The van der Waals surface area contributed by atoms with E-state index < -0.39 is 11.6 Å². The van der Waals surface area contributed by atoms with Gasteiger partial charge in [-0.3, -0.25) is 14.7 Å². The van der Waals surface area contributed by atoms with Crippen LogP contribution in [0.25, 0.3) is 0 Å². The maximum Gasteiger partial charge on any atom is 0.326 e. The maximum atomic E-state index is 12.4. The molecular formula is C18H22N4O3. The molecule has 0 aliphatic heterocycles. The second-order valence-electron chi connectivity index (χ2n) is 6.48. The fourth-order valence-corrected chi connectivity index (χ4v) is 2.22. The predicted molar refractivity (Wildman–Crippen MR) is 96.2 cm³/mol. The van der Waals surface area contributed by atoms with Crippen molar-refractivity contribution in [1.29, 1.82) is 0 Å². The van der Waals surface area contributed by atoms with Crippen LogP contribution in [0.4, 0.5) is 16.2 Å². The Morgan fingerprint density at radius 1 is 1.16 bits per heavy atom. The van der Waals surface area contributed by atoms with Gasteiger partial charge >= 0.3 is 6.03 Å². The normalized spacial score (nSPS) is 10.9. The number of aromatic hydroxyl groups is 1. The number of anilines is 2. The first-order valence-corrected chi connectivity index (χ1v) is 7.81. The second kappa shape index (κ2) is 7.21. The van der Waals surface area contributed by atoms with Crippen LogP contribution in [-0.4, -0.2) is 34.6 Å². The Kier molecular flexibility index (Phi) is 5.26. The molecule has 0 radical (unpaired) electrons. The number of benzene rings is 1. The van der Waals surface area contributed by atoms with Gasteiger partial charge < -0.3 is 15.7 Å². The van der Waals surface area contributed by atoms with Gasteiger partial charge in [0.2, 0.25) is 0 Å². The van der Waals surface area contributed by atoms with E-state index in [-0.39, 0.29) is 17.4 Å². The number of pyridine rings is 1. The zero-order chi connectivity index (χ0) is 18.6. The van der Waals surface area contributed by atoms with E-state index in [1.165, 1.54) is 30.3 Å². The molecule has 0 bridgehead atoms. The van der Waals surface area contributed by atoms with Gasteiger partial charge in [-0.05, 0) is 45.0 Å². The minimum atomic E-state index is -0.449. The number of phenolic OH excluding ortho intramolecular Hbond substituents is 1. The molecule has 1 aromatic carbocycles. The molecule has 1 heterocycles. The van der Waals surface area contributed by atoms with Crippen LogP contribution in [0.3, 0.4) is 0 Å². The molecule has 2 rings (SSSR count). The first-order chi connectivity index (χ1) is 11.7. The van der Waals surface area contributed by atoms with E-state index in [4.69, 9.17) is 0 Å². The van der Waals surface area contributed by atoms with Crippen LogP contribution >= 0.6 is 0 Å². The first kappa shape index (κ1) is 18.3. The molecule has 0 spiro atoms. The second-order valence-corrected chi connectivity index (χ2v) is 6.48. The minimum Gasteiger partial charge on any atom is -0.506 e. The van der Waals surface area contributed by atoms with Crippen LogP contribution < -0.4 is 15.5 Å². The fraction of sp³-hybridized carbons (Fsp3) is 0.278. The molecule has 25 heavy (non-hydrogen) atoms. The molecule has 7 heteroatoms. The van der Waals surface area contributed by atoms with Crippen molar-refractivity contribution in [3.8, 4) is 5.75 Å². The number of urea groups is 1. The molecule has 2 aromatic rings. The Morgan fingerprint density at radius 3 is 2.44 bits per heavy atom. The number of hydrogen-bond acceptors (Lipinski definition) is 4. The molecule has 0 aliphatic carbocycles. The van der Waals surface area contributed by atoms with Crippen LogP contribution in [0, 0.1) is 0 Å².